The first kappa shape index (κ1) is 23.6. The zero-order valence-corrected chi connectivity index (χ0v) is 20.7. The van der Waals surface area contributed by atoms with E-state index in [0.29, 0.717) is 33.7 Å². The Kier molecular flexibility index (Phi) is 6.68. The molecule has 2 aromatic heterocycles. The fourth-order valence-electron chi connectivity index (χ4n) is 3.68. The van der Waals surface area contributed by atoms with Gasteiger partial charge < -0.3 is 15.5 Å². The van der Waals surface area contributed by atoms with Crippen LogP contribution in [-0.2, 0) is 0 Å². The maximum Gasteiger partial charge on any atom is 0.272 e. The molecule has 2 amide bonds. The summed E-state index contributed by atoms with van der Waals surface area (Å²) in [6.45, 7) is 5.29. The Morgan fingerprint density at radius 2 is 1.75 bits per heavy atom. The van der Waals surface area contributed by atoms with Crippen LogP contribution >= 0.6 is 11.8 Å². The van der Waals surface area contributed by atoms with Crippen molar-refractivity contribution in [1.82, 2.24) is 25.1 Å². The molecular weight excluding hydrogens is 474 g/mol. The van der Waals surface area contributed by atoms with Crippen molar-refractivity contribution in [3.63, 3.8) is 0 Å². The molecule has 0 unspecified atom stereocenters. The van der Waals surface area contributed by atoms with E-state index in [1.54, 1.807) is 17.0 Å². The first-order valence-corrected chi connectivity index (χ1v) is 12.4. The van der Waals surface area contributed by atoms with Crippen LogP contribution < -0.4 is 10.6 Å². The molecule has 0 saturated carbocycles. The quantitative estimate of drug-likeness (QED) is 0.313. The lowest BCUT2D eigenvalue weighted by atomic mass is 10.1. The molecule has 1 aliphatic heterocycles. The van der Waals surface area contributed by atoms with Crippen LogP contribution in [0.2, 0.25) is 0 Å². The van der Waals surface area contributed by atoms with Gasteiger partial charge in [-0.2, -0.15) is 5.10 Å². The molecule has 5 rings (SSSR count). The predicted molar refractivity (Wildman–Crippen MR) is 139 cm³/mol. The predicted octanol–water partition coefficient (Wildman–Crippen LogP) is 4.81. The molecular formula is C26H25N7O2S. The summed E-state index contributed by atoms with van der Waals surface area (Å²) in [7, 11) is 0. The maximum absolute atomic E-state index is 12.9. The smallest absolute Gasteiger partial charge is 0.272 e. The molecule has 3 heterocycles. The number of carbonyl (C=O) groups is 2. The number of benzene rings is 2. The molecule has 0 aliphatic carbocycles. The minimum absolute atomic E-state index is 0.110. The van der Waals surface area contributed by atoms with Crippen LogP contribution in [0, 0.1) is 13.8 Å². The number of hydrogen-bond donors (Lipinski definition) is 3. The van der Waals surface area contributed by atoms with Gasteiger partial charge >= 0.3 is 0 Å². The summed E-state index contributed by atoms with van der Waals surface area (Å²) in [6, 6.07) is 18.4. The fourth-order valence-corrected chi connectivity index (χ4v) is 4.45. The van der Waals surface area contributed by atoms with E-state index in [0.717, 1.165) is 35.7 Å². The first-order valence-electron chi connectivity index (χ1n) is 11.6. The van der Waals surface area contributed by atoms with Crippen molar-refractivity contribution in [2.75, 3.05) is 23.7 Å². The molecule has 182 valence electrons. The van der Waals surface area contributed by atoms with Crippen molar-refractivity contribution < 1.29 is 9.59 Å². The van der Waals surface area contributed by atoms with E-state index < -0.39 is 0 Å². The highest BCUT2D eigenvalue weighted by Gasteiger charge is 2.24. The van der Waals surface area contributed by atoms with Gasteiger partial charge in [-0.25, -0.2) is 9.97 Å². The lowest BCUT2D eigenvalue weighted by molar-refractivity contribution is 0.0644. The molecule has 2 aromatic carbocycles. The highest BCUT2D eigenvalue weighted by Crippen LogP contribution is 2.28. The Morgan fingerprint density at radius 1 is 0.972 bits per heavy atom. The standard InChI is InChI=1S/C26H25N7O2S/c1-16-6-3-4-7-20(16)24(34)27-18-8-10-19(11-9-18)36-26-28-21(25(35)33-12-5-13-33)15-22(30-26)29-23-14-17(2)31-32-23/h3-4,6-11,14-15H,5,12-13H2,1-2H3,(H,27,34)(H2,28,29,30,31,32). The number of nitrogens with zero attached hydrogens (tertiary/aromatic N) is 4. The van der Waals surface area contributed by atoms with E-state index in [1.165, 1.54) is 11.8 Å². The van der Waals surface area contributed by atoms with E-state index in [1.807, 2.05) is 62.4 Å². The normalized spacial score (nSPS) is 12.7. The number of likely N-dealkylation sites (tertiary alicyclic amines) is 1. The van der Waals surface area contributed by atoms with Crippen LogP contribution in [0.1, 0.15) is 38.5 Å². The van der Waals surface area contributed by atoms with E-state index in [4.69, 9.17) is 0 Å². The Labute approximate surface area is 212 Å². The van der Waals surface area contributed by atoms with E-state index in [9.17, 15) is 9.59 Å². The second-order valence-corrected chi connectivity index (χ2v) is 9.56. The van der Waals surface area contributed by atoms with E-state index >= 15 is 0 Å². The SMILES string of the molecule is Cc1cc(Nc2cc(C(=O)N3CCC3)nc(Sc3ccc(NC(=O)c4ccccc4C)cc3)n2)n[nH]1. The Hall–Kier alpha value is -4.18. The molecule has 1 saturated heterocycles. The lowest BCUT2D eigenvalue weighted by Crippen LogP contribution is -2.42. The zero-order chi connectivity index (χ0) is 25.1. The number of aromatic nitrogens is 4. The van der Waals surface area contributed by atoms with E-state index in [-0.39, 0.29) is 11.8 Å². The molecule has 0 radical (unpaired) electrons. The van der Waals surface area contributed by atoms with Crippen LogP contribution in [0.3, 0.4) is 0 Å². The lowest BCUT2D eigenvalue weighted by Gasteiger charge is -2.30. The summed E-state index contributed by atoms with van der Waals surface area (Å²) in [6.07, 6.45) is 1.00. The van der Waals surface area contributed by atoms with Crippen molar-refractivity contribution in [3.8, 4) is 0 Å². The van der Waals surface area contributed by atoms with Gasteiger partial charge in [-0.15, -0.1) is 0 Å². The molecule has 1 aliphatic rings. The van der Waals surface area contributed by atoms with Crippen molar-refractivity contribution in [2.24, 2.45) is 0 Å². The average Bonchev–Trinajstić information content (AvgIpc) is 3.23. The molecule has 0 spiro atoms. The maximum atomic E-state index is 12.9. The third-order valence-corrected chi connectivity index (χ3v) is 6.61. The fraction of sp³-hybridized carbons (Fsp3) is 0.192. The Balaban J connectivity index is 1.34. The topological polar surface area (TPSA) is 116 Å². The molecule has 1 fully saturated rings. The summed E-state index contributed by atoms with van der Waals surface area (Å²) in [4.78, 5) is 37.2. The van der Waals surface area contributed by atoms with Crippen LogP contribution in [0.25, 0.3) is 0 Å². The molecule has 9 nitrogen and oxygen atoms in total. The minimum Gasteiger partial charge on any atom is -0.337 e. The summed E-state index contributed by atoms with van der Waals surface area (Å²) in [5, 5.41) is 13.6. The number of nitrogens with one attached hydrogen (secondary N) is 3. The van der Waals surface area contributed by atoms with Crippen molar-refractivity contribution in [2.45, 2.75) is 30.3 Å². The number of anilines is 3. The van der Waals surface area contributed by atoms with Crippen LogP contribution in [0.15, 0.2) is 70.7 Å². The largest absolute Gasteiger partial charge is 0.337 e. The number of amides is 2. The van der Waals surface area contributed by atoms with Gasteiger partial charge in [0.1, 0.15) is 11.5 Å². The molecule has 0 bridgehead atoms. The van der Waals surface area contributed by atoms with Crippen molar-refractivity contribution >= 4 is 40.9 Å². The van der Waals surface area contributed by atoms with Crippen LogP contribution in [0.4, 0.5) is 17.3 Å². The number of hydrogen-bond acceptors (Lipinski definition) is 7. The summed E-state index contributed by atoms with van der Waals surface area (Å²) in [5.41, 5.74) is 3.49. The third kappa shape index (κ3) is 5.38. The third-order valence-electron chi connectivity index (χ3n) is 5.74. The van der Waals surface area contributed by atoms with Gasteiger partial charge in [-0.3, -0.25) is 14.7 Å². The van der Waals surface area contributed by atoms with Crippen molar-refractivity contribution in [3.05, 3.63) is 83.2 Å². The highest BCUT2D eigenvalue weighted by atomic mass is 32.2. The summed E-state index contributed by atoms with van der Waals surface area (Å²) < 4.78 is 0. The Bertz CT molecular complexity index is 1410. The second kappa shape index (κ2) is 10.2. The Morgan fingerprint density at radius 3 is 2.42 bits per heavy atom. The molecule has 4 aromatic rings. The summed E-state index contributed by atoms with van der Waals surface area (Å²) in [5.74, 6) is 0.836. The monoisotopic (exact) mass is 499 g/mol. The average molecular weight is 500 g/mol. The van der Waals surface area contributed by atoms with Gasteiger partial charge in [0, 0.05) is 47.1 Å². The zero-order valence-electron chi connectivity index (χ0n) is 19.9. The van der Waals surface area contributed by atoms with Crippen LogP contribution in [0.5, 0.6) is 0 Å². The van der Waals surface area contributed by atoms with Gasteiger partial charge in [0.2, 0.25) is 0 Å². The van der Waals surface area contributed by atoms with Gasteiger partial charge in [-0.05, 0) is 67.9 Å². The molecule has 10 heteroatoms. The number of rotatable bonds is 7. The van der Waals surface area contributed by atoms with Gasteiger partial charge in [0.05, 0.1) is 0 Å². The molecule has 0 atom stereocenters. The highest BCUT2D eigenvalue weighted by molar-refractivity contribution is 7.99. The van der Waals surface area contributed by atoms with E-state index in [2.05, 4.69) is 30.8 Å². The summed E-state index contributed by atoms with van der Waals surface area (Å²) >= 11 is 1.34. The van der Waals surface area contributed by atoms with Crippen molar-refractivity contribution in [1.29, 1.82) is 0 Å². The number of H-pyrrole nitrogens is 1. The van der Waals surface area contributed by atoms with Gasteiger partial charge in [0.15, 0.2) is 11.0 Å². The second-order valence-electron chi connectivity index (χ2n) is 8.52. The number of aryl methyl sites for hydroxylation is 2. The van der Waals surface area contributed by atoms with Gasteiger partial charge in [0.25, 0.3) is 11.8 Å². The molecule has 36 heavy (non-hydrogen) atoms. The number of aromatic amines is 1. The minimum atomic E-state index is -0.154. The molecule has 3 N–H and O–H groups in total. The first-order chi connectivity index (χ1) is 17.4. The van der Waals surface area contributed by atoms with Gasteiger partial charge in [-0.1, -0.05) is 18.2 Å². The van der Waals surface area contributed by atoms with Crippen LogP contribution in [-0.4, -0.2) is 50.0 Å². The number of carbonyl (C=O) groups excluding carboxylic acids is 2.